The van der Waals surface area contributed by atoms with Gasteiger partial charge < -0.3 is 5.32 Å². The van der Waals surface area contributed by atoms with Gasteiger partial charge in [-0.25, -0.2) is 4.98 Å². The lowest BCUT2D eigenvalue weighted by molar-refractivity contribution is -0.137. The summed E-state index contributed by atoms with van der Waals surface area (Å²) in [5.74, 6) is 0.236. The quantitative estimate of drug-likeness (QED) is 0.838. The fraction of sp³-hybridized carbons (Fsp3) is 0.267. The minimum atomic E-state index is -4.45. The van der Waals surface area contributed by atoms with Crippen LogP contribution in [0.2, 0.25) is 5.02 Å². The van der Waals surface area contributed by atoms with Crippen molar-refractivity contribution in [3.05, 3.63) is 58.2 Å². The highest BCUT2D eigenvalue weighted by Crippen LogP contribution is 2.33. The highest BCUT2D eigenvalue weighted by atomic mass is 35.5. The molecule has 0 bridgehead atoms. The number of anilines is 1. The van der Waals surface area contributed by atoms with E-state index < -0.39 is 11.7 Å². The molecule has 0 saturated carbocycles. The van der Waals surface area contributed by atoms with Gasteiger partial charge in [0.05, 0.1) is 16.6 Å². The molecule has 2 aromatic rings. The summed E-state index contributed by atoms with van der Waals surface area (Å²) in [5.41, 5.74) is 1.26. The molecule has 0 fully saturated rings. The largest absolute Gasteiger partial charge is 0.417 e. The van der Waals surface area contributed by atoms with Gasteiger partial charge in [-0.05, 0) is 31.0 Å². The van der Waals surface area contributed by atoms with Crippen LogP contribution in [0.4, 0.5) is 19.0 Å². The van der Waals surface area contributed by atoms with Gasteiger partial charge >= 0.3 is 6.18 Å². The van der Waals surface area contributed by atoms with Gasteiger partial charge in [-0.1, -0.05) is 35.9 Å². The van der Waals surface area contributed by atoms with Crippen LogP contribution in [0.15, 0.2) is 36.5 Å². The van der Waals surface area contributed by atoms with Crippen LogP contribution in [-0.4, -0.2) is 4.98 Å². The maximum absolute atomic E-state index is 12.6. The number of aromatic nitrogens is 1. The number of pyridine rings is 1. The molecule has 1 heterocycles. The van der Waals surface area contributed by atoms with Crippen molar-refractivity contribution >= 4 is 17.4 Å². The van der Waals surface area contributed by atoms with Crippen molar-refractivity contribution in [2.75, 3.05) is 5.32 Å². The van der Waals surface area contributed by atoms with Crippen LogP contribution in [0, 0.1) is 6.92 Å². The van der Waals surface area contributed by atoms with E-state index in [1.807, 2.05) is 38.1 Å². The summed E-state index contributed by atoms with van der Waals surface area (Å²) in [5, 5.41) is 2.98. The van der Waals surface area contributed by atoms with E-state index in [9.17, 15) is 13.2 Å². The highest BCUT2D eigenvalue weighted by molar-refractivity contribution is 6.33. The van der Waals surface area contributed by atoms with Gasteiger partial charge in [0.15, 0.2) is 0 Å². The number of hydrogen-bond acceptors (Lipinski definition) is 2. The van der Waals surface area contributed by atoms with Gasteiger partial charge in [0.1, 0.15) is 5.82 Å². The molecule has 1 N–H and O–H groups in total. The lowest BCUT2D eigenvalue weighted by Gasteiger charge is -2.18. The Bertz CT molecular complexity index is 641. The average molecular weight is 315 g/mol. The van der Waals surface area contributed by atoms with E-state index in [2.05, 4.69) is 10.3 Å². The van der Waals surface area contributed by atoms with Crippen LogP contribution in [0.25, 0.3) is 0 Å². The summed E-state index contributed by atoms with van der Waals surface area (Å²) >= 11 is 5.88. The van der Waals surface area contributed by atoms with Crippen molar-refractivity contribution in [1.29, 1.82) is 0 Å². The van der Waals surface area contributed by atoms with Crippen molar-refractivity contribution in [3.63, 3.8) is 0 Å². The molecule has 0 aliphatic carbocycles. The second-order valence-corrected chi connectivity index (χ2v) is 5.18. The van der Waals surface area contributed by atoms with Crippen LogP contribution < -0.4 is 5.32 Å². The van der Waals surface area contributed by atoms with E-state index in [1.54, 1.807) is 0 Å². The number of rotatable bonds is 3. The molecule has 1 unspecified atom stereocenters. The van der Waals surface area contributed by atoms with Gasteiger partial charge in [0, 0.05) is 6.20 Å². The minimum absolute atomic E-state index is 0.0507. The summed E-state index contributed by atoms with van der Waals surface area (Å²) in [7, 11) is 0. The third-order valence-corrected chi connectivity index (χ3v) is 3.46. The average Bonchev–Trinajstić information content (AvgIpc) is 2.40. The van der Waals surface area contributed by atoms with Gasteiger partial charge in [-0.15, -0.1) is 0 Å². The summed E-state index contributed by atoms with van der Waals surface area (Å²) in [6, 6.07) is 8.51. The Morgan fingerprint density at radius 1 is 1.24 bits per heavy atom. The summed E-state index contributed by atoms with van der Waals surface area (Å²) in [6.45, 7) is 3.87. The normalized spacial score (nSPS) is 13.0. The number of nitrogens with one attached hydrogen (secondary N) is 1. The van der Waals surface area contributed by atoms with Gasteiger partial charge in [-0.2, -0.15) is 13.2 Å². The molecule has 112 valence electrons. The zero-order chi connectivity index (χ0) is 15.6. The number of benzene rings is 1. The molecule has 0 amide bonds. The van der Waals surface area contributed by atoms with E-state index in [4.69, 9.17) is 11.6 Å². The zero-order valence-electron chi connectivity index (χ0n) is 11.5. The van der Waals surface area contributed by atoms with Crippen molar-refractivity contribution in [2.24, 2.45) is 0 Å². The van der Waals surface area contributed by atoms with Gasteiger partial charge in [0.2, 0.25) is 0 Å². The third-order valence-electron chi connectivity index (χ3n) is 3.18. The summed E-state index contributed by atoms with van der Waals surface area (Å²) in [6.07, 6.45) is -3.67. The Morgan fingerprint density at radius 2 is 1.90 bits per heavy atom. The Hall–Kier alpha value is -1.75. The second kappa shape index (κ2) is 5.93. The summed E-state index contributed by atoms with van der Waals surface area (Å²) in [4.78, 5) is 3.78. The standard InChI is InChI=1S/C15H14ClF3N2/c1-9-5-3-4-6-12(9)10(2)21-14-13(16)7-11(8-20-14)15(17,18)19/h3-8,10H,1-2H3,(H,20,21). The van der Waals surface area contributed by atoms with Crippen molar-refractivity contribution in [3.8, 4) is 0 Å². The number of halogens is 4. The molecule has 0 radical (unpaired) electrons. The van der Waals surface area contributed by atoms with Crippen LogP contribution in [0.1, 0.15) is 29.7 Å². The summed E-state index contributed by atoms with van der Waals surface area (Å²) < 4.78 is 37.7. The number of hydrogen-bond donors (Lipinski definition) is 1. The van der Waals surface area contributed by atoms with Crippen LogP contribution in [0.5, 0.6) is 0 Å². The van der Waals surface area contributed by atoms with Crippen LogP contribution in [-0.2, 0) is 6.18 Å². The molecule has 0 spiro atoms. The first-order valence-corrected chi connectivity index (χ1v) is 6.71. The van der Waals surface area contributed by atoms with Crippen molar-refractivity contribution < 1.29 is 13.2 Å². The molecule has 21 heavy (non-hydrogen) atoms. The van der Waals surface area contributed by atoms with E-state index in [0.717, 1.165) is 23.4 Å². The predicted octanol–water partition coefficient (Wildman–Crippen LogP) is 5.24. The van der Waals surface area contributed by atoms with E-state index in [-0.39, 0.29) is 16.9 Å². The molecule has 0 aliphatic rings. The molecule has 6 heteroatoms. The van der Waals surface area contributed by atoms with E-state index in [1.165, 1.54) is 0 Å². The maximum atomic E-state index is 12.6. The third kappa shape index (κ3) is 3.67. The van der Waals surface area contributed by atoms with Crippen molar-refractivity contribution in [2.45, 2.75) is 26.1 Å². The molecular weight excluding hydrogens is 301 g/mol. The molecule has 1 aromatic carbocycles. The molecular formula is C15H14ClF3N2. The van der Waals surface area contributed by atoms with Crippen LogP contribution in [0.3, 0.4) is 0 Å². The SMILES string of the molecule is Cc1ccccc1C(C)Nc1ncc(C(F)(F)F)cc1Cl. The maximum Gasteiger partial charge on any atom is 0.417 e. The highest BCUT2D eigenvalue weighted by Gasteiger charge is 2.31. The number of alkyl halides is 3. The first kappa shape index (κ1) is 15.6. The molecule has 2 nitrogen and oxygen atoms in total. The van der Waals surface area contributed by atoms with Gasteiger partial charge in [-0.3, -0.25) is 0 Å². The molecule has 1 aromatic heterocycles. The monoisotopic (exact) mass is 314 g/mol. The second-order valence-electron chi connectivity index (χ2n) is 4.77. The van der Waals surface area contributed by atoms with Crippen molar-refractivity contribution in [1.82, 2.24) is 4.98 Å². The lowest BCUT2D eigenvalue weighted by atomic mass is 10.0. The Labute approximate surface area is 126 Å². The zero-order valence-corrected chi connectivity index (χ0v) is 12.3. The first-order valence-electron chi connectivity index (χ1n) is 6.34. The minimum Gasteiger partial charge on any atom is -0.362 e. The fourth-order valence-corrected chi connectivity index (χ4v) is 2.28. The first-order chi connectivity index (χ1) is 9.79. The fourth-order valence-electron chi connectivity index (χ4n) is 2.05. The Kier molecular flexibility index (Phi) is 4.42. The molecule has 2 rings (SSSR count). The lowest BCUT2D eigenvalue weighted by Crippen LogP contribution is -2.11. The molecule has 0 saturated heterocycles. The van der Waals surface area contributed by atoms with E-state index in [0.29, 0.717) is 0 Å². The molecule has 1 atom stereocenters. The van der Waals surface area contributed by atoms with Gasteiger partial charge in [0.25, 0.3) is 0 Å². The Balaban J connectivity index is 2.23. The topological polar surface area (TPSA) is 24.9 Å². The Morgan fingerprint density at radius 3 is 2.48 bits per heavy atom. The van der Waals surface area contributed by atoms with E-state index >= 15 is 0 Å². The smallest absolute Gasteiger partial charge is 0.362 e. The number of nitrogens with zero attached hydrogens (tertiary/aromatic N) is 1. The molecule has 0 aliphatic heterocycles. The number of aryl methyl sites for hydroxylation is 1. The predicted molar refractivity (Wildman–Crippen MR) is 77.5 cm³/mol. The van der Waals surface area contributed by atoms with Crippen LogP contribution >= 0.6 is 11.6 Å².